The Kier molecular flexibility index (Phi) is 7.67. The molecule has 3 saturated carbocycles. The smallest absolute Gasteiger partial charge is 0.416 e. The molecule has 252 valence electrons. The minimum absolute atomic E-state index is 0.0148. The molecule has 6 nitrogen and oxygen atoms in total. The molecule has 2 heterocycles. The van der Waals surface area contributed by atoms with Crippen molar-refractivity contribution in [1.29, 1.82) is 0 Å². The number of carbonyl (C=O) groups excluding carboxylic acids is 1. The molecule has 1 saturated heterocycles. The molecule has 8 rings (SSSR count). The first kappa shape index (κ1) is 31.2. The van der Waals surface area contributed by atoms with E-state index >= 15 is 0 Å². The van der Waals surface area contributed by atoms with Crippen molar-refractivity contribution in [2.75, 3.05) is 26.7 Å². The van der Waals surface area contributed by atoms with E-state index in [1.165, 1.54) is 43.0 Å². The quantitative estimate of drug-likeness (QED) is 0.320. The van der Waals surface area contributed by atoms with Crippen LogP contribution in [0.1, 0.15) is 86.5 Å². The number of hydrogen-bond donors (Lipinski definition) is 1. The van der Waals surface area contributed by atoms with Crippen molar-refractivity contribution in [3.63, 3.8) is 0 Å². The Balaban J connectivity index is 1.17. The fourth-order valence-corrected chi connectivity index (χ4v) is 10.0. The maximum Gasteiger partial charge on any atom is 0.416 e. The van der Waals surface area contributed by atoms with Crippen LogP contribution in [0.2, 0.25) is 0 Å². The summed E-state index contributed by atoms with van der Waals surface area (Å²) in [7, 11) is 1.65. The van der Waals surface area contributed by atoms with Crippen molar-refractivity contribution in [2.45, 2.75) is 106 Å². The number of nitrogens with zero attached hydrogens (tertiary/aromatic N) is 2. The van der Waals surface area contributed by atoms with Crippen LogP contribution in [0.3, 0.4) is 0 Å². The van der Waals surface area contributed by atoms with Crippen LogP contribution in [0.15, 0.2) is 42.5 Å². The van der Waals surface area contributed by atoms with Gasteiger partial charge in [0, 0.05) is 30.8 Å². The Labute approximate surface area is 274 Å². The molecule has 2 aromatic carbocycles. The fourth-order valence-electron chi connectivity index (χ4n) is 10.0. The van der Waals surface area contributed by atoms with E-state index < -0.39 is 28.9 Å². The third kappa shape index (κ3) is 5.09. The van der Waals surface area contributed by atoms with E-state index in [0.29, 0.717) is 48.3 Å². The minimum Gasteiger partial charge on any atom is -0.493 e. The summed E-state index contributed by atoms with van der Waals surface area (Å²) in [6.45, 7) is 2.46. The summed E-state index contributed by atoms with van der Waals surface area (Å²) in [5, 5.41) is 13.0. The van der Waals surface area contributed by atoms with Crippen molar-refractivity contribution in [3.8, 4) is 11.5 Å². The SMILES string of the molecule is COc1ccc2c3c1O[C@H]1[C@@H](N(CC4CCCCC4)C(=O)C=Cc4cccc(C(F)(F)F)c4)CC[C@@]4(O)[C@@H](C2)N(CC2CC2)CC[C@]314. The van der Waals surface area contributed by atoms with E-state index in [-0.39, 0.29) is 18.0 Å². The number of benzene rings is 2. The van der Waals surface area contributed by atoms with Crippen molar-refractivity contribution < 1.29 is 32.5 Å². The second-order valence-corrected chi connectivity index (χ2v) is 15.0. The molecule has 6 aliphatic rings. The highest BCUT2D eigenvalue weighted by Crippen LogP contribution is 2.66. The van der Waals surface area contributed by atoms with Crippen LogP contribution < -0.4 is 9.47 Å². The third-order valence-corrected chi connectivity index (χ3v) is 12.4. The zero-order valence-electron chi connectivity index (χ0n) is 27.1. The van der Waals surface area contributed by atoms with Gasteiger partial charge in [-0.25, -0.2) is 0 Å². The number of aliphatic hydroxyl groups is 1. The Hall–Kier alpha value is -3.04. The standard InChI is InChI=1S/C38H45F3N2O4/c1-46-30-14-13-27-21-31-37(45)17-16-29(35-36(37,33(27)34(30)47-35)18-19-42(31)22-26-10-11-26)43(23-25-6-3-2-4-7-25)32(44)15-12-24-8-5-9-28(20-24)38(39,40)41/h5,8-9,12-15,20,25-26,29,31,35,45H,2-4,6-7,10-11,16-19,21-23H2,1H3/t29-,31+,35-,36-,37+/m0/s1. The number of carbonyl (C=O) groups is 1. The minimum atomic E-state index is -4.46. The van der Waals surface area contributed by atoms with Crippen molar-refractivity contribution in [3.05, 3.63) is 64.7 Å². The number of halogens is 3. The first-order valence-corrected chi connectivity index (χ1v) is 17.6. The molecule has 0 aromatic heterocycles. The molecule has 0 unspecified atom stereocenters. The number of rotatable bonds is 8. The lowest BCUT2D eigenvalue weighted by Crippen LogP contribution is -2.78. The first-order chi connectivity index (χ1) is 22.6. The molecule has 1 amide bonds. The molecule has 2 bridgehead atoms. The number of hydrogen-bond acceptors (Lipinski definition) is 5. The molecule has 1 spiro atoms. The van der Waals surface area contributed by atoms with Crippen molar-refractivity contribution >= 4 is 12.0 Å². The van der Waals surface area contributed by atoms with Gasteiger partial charge in [-0.3, -0.25) is 9.69 Å². The Morgan fingerprint density at radius 1 is 1.09 bits per heavy atom. The van der Waals surface area contributed by atoms with Crippen LogP contribution in [0.25, 0.3) is 6.08 Å². The molecular weight excluding hydrogens is 605 g/mol. The summed E-state index contributed by atoms with van der Waals surface area (Å²) >= 11 is 0. The average molecular weight is 651 g/mol. The van der Waals surface area contributed by atoms with Crippen LogP contribution in [0, 0.1) is 11.8 Å². The molecule has 2 aliphatic heterocycles. The second kappa shape index (κ2) is 11.5. The van der Waals surface area contributed by atoms with E-state index in [1.54, 1.807) is 13.2 Å². The van der Waals surface area contributed by atoms with Crippen molar-refractivity contribution in [1.82, 2.24) is 9.80 Å². The number of ether oxygens (including phenoxy) is 2. The predicted octanol–water partition coefficient (Wildman–Crippen LogP) is 6.77. The topological polar surface area (TPSA) is 62.2 Å². The molecule has 5 atom stereocenters. The summed E-state index contributed by atoms with van der Waals surface area (Å²) < 4.78 is 53.1. The summed E-state index contributed by atoms with van der Waals surface area (Å²) in [5.74, 6) is 2.20. The van der Waals surface area contributed by atoms with Gasteiger partial charge >= 0.3 is 6.18 Å². The maximum absolute atomic E-state index is 14.3. The highest BCUT2D eigenvalue weighted by atomic mass is 19.4. The van der Waals surface area contributed by atoms with Gasteiger partial charge in [0.05, 0.1) is 29.7 Å². The highest BCUT2D eigenvalue weighted by molar-refractivity contribution is 5.92. The van der Waals surface area contributed by atoms with Crippen LogP contribution in [0.4, 0.5) is 13.2 Å². The van der Waals surface area contributed by atoms with E-state index in [9.17, 15) is 23.1 Å². The third-order valence-electron chi connectivity index (χ3n) is 12.4. The summed E-state index contributed by atoms with van der Waals surface area (Å²) in [5.41, 5.74) is 0.195. The summed E-state index contributed by atoms with van der Waals surface area (Å²) in [4.78, 5) is 18.8. The van der Waals surface area contributed by atoms with Crippen LogP contribution >= 0.6 is 0 Å². The number of amides is 1. The van der Waals surface area contributed by atoms with E-state index in [0.717, 1.165) is 69.3 Å². The molecule has 4 fully saturated rings. The largest absolute Gasteiger partial charge is 0.493 e. The lowest BCUT2D eigenvalue weighted by atomic mass is 9.48. The normalized spacial score (nSPS) is 31.8. The summed E-state index contributed by atoms with van der Waals surface area (Å²) in [6.07, 6.45) is 8.75. The average Bonchev–Trinajstić information content (AvgIpc) is 3.81. The van der Waals surface area contributed by atoms with Gasteiger partial charge in [0.1, 0.15) is 6.10 Å². The second-order valence-electron chi connectivity index (χ2n) is 15.0. The Bertz CT molecular complexity index is 1570. The zero-order valence-corrected chi connectivity index (χ0v) is 27.1. The Morgan fingerprint density at radius 2 is 1.89 bits per heavy atom. The van der Waals surface area contributed by atoms with E-state index in [4.69, 9.17) is 9.47 Å². The van der Waals surface area contributed by atoms with E-state index in [2.05, 4.69) is 11.0 Å². The van der Waals surface area contributed by atoms with Gasteiger partial charge in [-0.2, -0.15) is 13.2 Å². The first-order valence-electron chi connectivity index (χ1n) is 17.6. The number of methoxy groups -OCH3 is 1. The van der Waals surface area contributed by atoms with Crippen LogP contribution in [-0.2, 0) is 22.8 Å². The molecule has 0 radical (unpaired) electrons. The number of alkyl halides is 3. The van der Waals surface area contributed by atoms with Gasteiger partial charge < -0.3 is 19.5 Å². The molecule has 1 N–H and O–H groups in total. The van der Waals surface area contributed by atoms with Crippen LogP contribution in [-0.4, -0.2) is 71.3 Å². The molecule has 47 heavy (non-hydrogen) atoms. The van der Waals surface area contributed by atoms with Gasteiger partial charge in [0.2, 0.25) is 5.91 Å². The molecule has 4 aliphatic carbocycles. The highest BCUT2D eigenvalue weighted by Gasteiger charge is 2.73. The lowest BCUT2D eigenvalue weighted by molar-refractivity contribution is -0.201. The zero-order chi connectivity index (χ0) is 32.6. The molecular formula is C38H45F3N2O4. The van der Waals surface area contributed by atoms with Gasteiger partial charge in [-0.05, 0) is 105 Å². The number of likely N-dealkylation sites (tertiary alicyclic amines) is 1. The van der Waals surface area contributed by atoms with Gasteiger partial charge in [-0.1, -0.05) is 37.5 Å². The van der Waals surface area contributed by atoms with Crippen molar-refractivity contribution in [2.24, 2.45) is 11.8 Å². The number of piperidine rings is 1. The monoisotopic (exact) mass is 650 g/mol. The fraction of sp³-hybridized carbons (Fsp3) is 0.605. The maximum atomic E-state index is 14.3. The molecule has 2 aromatic rings. The van der Waals surface area contributed by atoms with Gasteiger partial charge in [0.15, 0.2) is 11.5 Å². The lowest BCUT2D eigenvalue weighted by Gasteiger charge is -2.65. The van der Waals surface area contributed by atoms with E-state index in [1.807, 2.05) is 11.0 Å². The Morgan fingerprint density at radius 3 is 2.64 bits per heavy atom. The van der Waals surface area contributed by atoms with Gasteiger partial charge in [0.25, 0.3) is 0 Å². The van der Waals surface area contributed by atoms with Crippen LogP contribution in [0.5, 0.6) is 11.5 Å². The summed E-state index contributed by atoms with van der Waals surface area (Å²) in [6, 6.07) is 8.90. The molecule has 9 heteroatoms. The predicted molar refractivity (Wildman–Crippen MR) is 172 cm³/mol. The van der Waals surface area contributed by atoms with Gasteiger partial charge in [-0.15, -0.1) is 0 Å².